The van der Waals surface area contributed by atoms with Gasteiger partial charge in [0.05, 0.1) is 12.1 Å². The lowest BCUT2D eigenvalue weighted by atomic mass is 9.96. The van der Waals surface area contributed by atoms with Crippen molar-refractivity contribution in [3.63, 3.8) is 0 Å². The van der Waals surface area contributed by atoms with Crippen molar-refractivity contribution in [3.05, 3.63) is 42.0 Å². The number of alkyl carbamates (subject to hydrolysis) is 1. The van der Waals surface area contributed by atoms with Crippen LogP contribution in [0.25, 0.3) is 0 Å². The first kappa shape index (κ1) is 25.0. The number of aliphatic hydroxyl groups is 2. The smallest absolute Gasteiger partial charge is 0.412 e. The summed E-state index contributed by atoms with van der Waals surface area (Å²) in [6, 6.07) is 5.63. The maximum atomic E-state index is 12.3. The minimum Gasteiger partial charge on any atom is -0.445 e. The number of hydrogen-bond donors (Lipinski definition) is 5. The number of aliphatic hydroxyl groups excluding tert-OH is 2. The highest BCUT2D eigenvalue weighted by Gasteiger charge is 2.35. The molecule has 1 aromatic carbocycles. The zero-order valence-corrected chi connectivity index (χ0v) is 18.7. The first-order valence-corrected chi connectivity index (χ1v) is 11.2. The number of allylic oxidation sites excluding steroid dienone is 2. The van der Waals surface area contributed by atoms with Crippen molar-refractivity contribution in [2.75, 3.05) is 0 Å². The molecule has 6 N–H and O–H groups in total. The summed E-state index contributed by atoms with van der Waals surface area (Å²) in [6.45, 7) is 1.60. The van der Waals surface area contributed by atoms with Gasteiger partial charge < -0.3 is 40.8 Å². The van der Waals surface area contributed by atoms with E-state index in [9.17, 15) is 19.8 Å². The van der Waals surface area contributed by atoms with Gasteiger partial charge in [0, 0.05) is 18.5 Å². The zero-order chi connectivity index (χ0) is 23.8. The number of carbonyl (C=O) groups excluding carboxylic acids is 2. The lowest BCUT2D eigenvalue weighted by molar-refractivity contribution is -0.201. The Labute approximate surface area is 193 Å². The molecule has 0 radical (unpaired) electrons. The maximum absolute atomic E-state index is 12.3. The van der Waals surface area contributed by atoms with Gasteiger partial charge in [0.15, 0.2) is 6.29 Å². The molecular formula is C23H33N3O7. The molecule has 1 aliphatic carbocycles. The molecule has 182 valence electrons. The number of hydrogen-bond acceptors (Lipinski definition) is 8. The van der Waals surface area contributed by atoms with E-state index in [0.29, 0.717) is 11.3 Å². The number of nitrogens with two attached hydrogens (primary N) is 1. The summed E-state index contributed by atoms with van der Waals surface area (Å²) in [6.07, 6.45) is 3.70. The van der Waals surface area contributed by atoms with Crippen molar-refractivity contribution in [2.24, 2.45) is 5.73 Å². The summed E-state index contributed by atoms with van der Waals surface area (Å²) in [7, 11) is 0. The fraction of sp³-hybridized carbons (Fsp3) is 0.565. The Hall–Kier alpha value is -2.66. The summed E-state index contributed by atoms with van der Waals surface area (Å²) in [4.78, 5) is 24.3. The predicted molar refractivity (Wildman–Crippen MR) is 119 cm³/mol. The van der Waals surface area contributed by atoms with Gasteiger partial charge in [-0.1, -0.05) is 24.3 Å². The number of carbonyl (C=O) groups is 2. The average Bonchev–Trinajstić information content (AvgIpc) is 2.76. The van der Waals surface area contributed by atoms with E-state index in [1.54, 1.807) is 31.2 Å². The Morgan fingerprint density at radius 3 is 2.45 bits per heavy atom. The summed E-state index contributed by atoms with van der Waals surface area (Å²) in [5, 5.41) is 25.1. The van der Waals surface area contributed by atoms with E-state index in [-0.39, 0.29) is 25.1 Å². The van der Waals surface area contributed by atoms with Crippen molar-refractivity contribution in [3.8, 4) is 5.75 Å². The lowest BCUT2D eigenvalue weighted by Crippen LogP contribution is -2.54. The van der Waals surface area contributed by atoms with Crippen LogP contribution < -0.4 is 21.1 Å². The van der Waals surface area contributed by atoms with Crippen LogP contribution in [-0.2, 0) is 16.1 Å². The molecule has 0 saturated carbocycles. The molecule has 33 heavy (non-hydrogen) atoms. The molecule has 2 unspecified atom stereocenters. The highest BCUT2D eigenvalue weighted by Crippen LogP contribution is 2.19. The van der Waals surface area contributed by atoms with E-state index in [1.807, 2.05) is 0 Å². The van der Waals surface area contributed by atoms with Gasteiger partial charge in [-0.05, 0) is 50.3 Å². The fourth-order valence-corrected chi connectivity index (χ4v) is 3.89. The van der Waals surface area contributed by atoms with E-state index in [1.165, 1.54) is 0 Å². The van der Waals surface area contributed by atoms with E-state index in [0.717, 1.165) is 25.7 Å². The van der Waals surface area contributed by atoms with Crippen LogP contribution in [0.15, 0.2) is 36.4 Å². The number of nitrogens with one attached hydrogen (secondary N) is 2. The minimum absolute atomic E-state index is 0.0137. The van der Waals surface area contributed by atoms with Crippen LogP contribution in [-0.4, -0.2) is 59.0 Å². The molecule has 2 aliphatic rings. The predicted octanol–water partition coefficient (Wildman–Crippen LogP) is 1.68. The molecule has 6 atom stereocenters. The quantitative estimate of drug-likeness (QED) is 0.414. The van der Waals surface area contributed by atoms with Gasteiger partial charge >= 0.3 is 12.2 Å². The van der Waals surface area contributed by atoms with Crippen LogP contribution in [0.3, 0.4) is 0 Å². The van der Waals surface area contributed by atoms with Crippen molar-refractivity contribution in [1.29, 1.82) is 0 Å². The van der Waals surface area contributed by atoms with Crippen molar-refractivity contribution in [2.45, 2.75) is 82.3 Å². The monoisotopic (exact) mass is 463 g/mol. The highest BCUT2D eigenvalue weighted by atomic mass is 16.6. The molecule has 1 saturated heterocycles. The Morgan fingerprint density at radius 1 is 1.06 bits per heavy atom. The summed E-state index contributed by atoms with van der Waals surface area (Å²) >= 11 is 0. The van der Waals surface area contributed by atoms with Crippen LogP contribution in [0.5, 0.6) is 5.75 Å². The maximum Gasteiger partial charge on any atom is 0.412 e. The van der Waals surface area contributed by atoms with Crippen molar-refractivity contribution < 1.29 is 34.0 Å². The molecular weight excluding hydrogens is 430 g/mol. The Kier molecular flexibility index (Phi) is 9.07. The van der Waals surface area contributed by atoms with E-state index in [4.69, 9.17) is 19.9 Å². The number of benzene rings is 1. The van der Waals surface area contributed by atoms with Gasteiger partial charge in [-0.2, -0.15) is 0 Å². The number of ether oxygens (including phenoxy) is 3. The Balaban J connectivity index is 1.42. The summed E-state index contributed by atoms with van der Waals surface area (Å²) in [5.74, 6) is 0.355. The van der Waals surface area contributed by atoms with E-state index in [2.05, 4.69) is 22.8 Å². The first-order valence-electron chi connectivity index (χ1n) is 11.2. The van der Waals surface area contributed by atoms with Gasteiger partial charge in [-0.25, -0.2) is 9.59 Å². The van der Waals surface area contributed by atoms with Crippen LogP contribution >= 0.6 is 0 Å². The van der Waals surface area contributed by atoms with Crippen LogP contribution in [0.4, 0.5) is 9.59 Å². The van der Waals surface area contributed by atoms with Crippen molar-refractivity contribution in [1.82, 2.24) is 10.6 Å². The largest absolute Gasteiger partial charge is 0.445 e. The van der Waals surface area contributed by atoms with Gasteiger partial charge in [0.1, 0.15) is 18.5 Å². The second-order valence-electron chi connectivity index (χ2n) is 8.42. The van der Waals surface area contributed by atoms with Crippen LogP contribution in [0.1, 0.15) is 44.6 Å². The van der Waals surface area contributed by atoms with E-state index >= 15 is 0 Å². The second kappa shape index (κ2) is 12.0. The van der Waals surface area contributed by atoms with Gasteiger partial charge in [0.2, 0.25) is 0 Å². The molecule has 1 aromatic rings. The van der Waals surface area contributed by atoms with Gasteiger partial charge in [0.25, 0.3) is 0 Å². The molecule has 1 fully saturated rings. The molecule has 3 rings (SSSR count). The SMILES string of the molecule is CC1O[C@@H](O)C[C@@H](NC(=O)OCc2ccc(OC(=O)N[C@@H]3CC/C=C/CC[C@@H]3N)cc2)C1O. The molecule has 10 heteroatoms. The summed E-state index contributed by atoms with van der Waals surface area (Å²) < 4.78 is 15.6. The van der Waals surface area contributed by atoms with Crippen LogP contribution in [0, 0.1) is 0 Å². The first-order chi connectivity index (χ1) is 15.8. The normalized spacial score (nSPS) is 30.9. The standard InChI is InChI=1S/C23H33N3O7/c1-14-21(28)19(12-20(27)32-14)26-22(29)31-13-15-8-10-16(11-9-15)33-23(30)25-18-7-5-3-2-4-6-17(18)24/h2-3,8-11,14,17-21,27-28H,4-7,12-13,24H2,1H3,(H,25,30)(H,26,29)/b3-2+/t14?,17-,18+,19+,20+,21?/m0/s1. The number of amides is 2. The Morgan fingerprint density at radius 2 is 1.73 bits per heavy atom. The zero-order valence-electron chi connectivity index (χ0n) is 18.7. The second-order valence-corrected chi connectivity index (χ2v) is 8.42. The number of rotatable bonds is 5. The molecule has 0 aromatic heterocycles. The molecule has 0 spiro atoms. The van der Waals surface area contributed by atoms with Gasteiger partial charge in [-0.3, -0.25) is 0 Å². The van der Waals surface area contributed by atoms with Crippen LogP contribution in [0.2, 0.25) is 0 Å². The molecule has 2 amide bonds. The topological polar surface area (TPSA) is 152 Å². The Bertz CT molecular complexity index is 817. The average molecular weight is 464 g/mol. The highest BCUT2D eigenvalue weighted by molar-refractivity contribution is 5.71. The molecule has 1 aliphatic heterocycles. The lowest BCUT2D eigenvalue weighted by Gasteiger charge is -2.35. The van der Waals surface area contributed by atoms with Gasteiger partial charge in [-0.15, -0.1) is 0 Å². The minimum atomic E-state index is -1.06. The van der Waals surface area contributed by atoms with E-state index < -0.39 is 36.7 Å². The third-order valence-corrected chi connectivity index (χ3v) is 5.83. The summed E-state index contributed by atoms with van der Waals surface area (Å²) in [5.41, 5.74) is 6.85. The molecule has 0 bridgehead atoms. The molecule has 10 nitrogen and oxygen atoms in total. The van der Waals surface area contributed by atoms with Crippen molar-refractivity contribution >= 4 is 12.2 Å². The fourth-order valence-electron chi connectivity index (χ4n) is 3.89. The third-order valence-electron chi connectivity index (χ3n) is 5.83. The third kappa shape index (κ3) is 7.71. The molecule has 1 heterocycles.